The first-order chi connectivity index (χ1) is 12.7. The lowest BCUT2D eigenvalue weighted by Gasteiger charge is -2.29. The van der Waals surface area contributed by atoms with Crippen molar-refractivity contribution in [1.29, 1.82) is 0 Å². The monoisotopic (exact) mass is 395 g/mol. The number of pyridine rings is 1. The van der Waals surface area contributed by atoms with Gasteiger partial charge in [0.2, 0.25) is 11.8 Å². The second-order valence-electron chi connectivity index (χ2n) is 6.42. The van der Waals surface area contributed by atoms with Gasteiger partial charge < -0.3 is 11.1 Å². The number of hydrogen-bond donors (Lipinski definition) is 2. The third-order valence-corrected chi connectivity index (χ3v) is 5.84. The van der Waals surface area contributed by atoms with Gasteiger partial charge in [-0.1, -0.05) is 13.0 Å². The zero-order valence-electron chi connectivity index (χ0n) is 15.0. The maximum absolute atomic E-state index is 13.1. The zero-order valence-corrected chi connectivity index (χ0v) is 15.8. The van der Waals surface area contributed by atoms with Gasteiger partial charge >= 0.3 is 0 Å². The number of hydrogen-bond acceptors (Lipinski definition) is 7. The van der Waals surface area contributed by atoms with Gasteiger partial charge in [-0.05, 0) is 37.4 Å². The Labute approximate surface area is 158 Å². The largest absolute Gasteiger partial charge is 0.370 e. The molecule has 1 fully saturated rings. The van der Waals surface area contributed by atoms with E-state index in [1.165, 1.54) is 18.3 Å². The summed E-state index contributed by atoms with van der Waals surface area (Å²) in [6.45, 7) is 2.10. The third kappa shape index (κ3) is 5.33. The van der Waals surface area contributed by atoms with Crippen molar-refractivity contribution in [3.63, 3.8) is 0 Å². The molecule has 1 aliphatic rings. The Bertz CT molecular complexity index is 797. The maximum atomic E-state index is 13.1. The summed E-state index contributed by atoms with van der Waals surface area (Å²) in [5.41, 5.74) is 5.13. The van der Waals surface area contributed by atoms with Crippen LogP contribution < -0.4 is 11.1 Å². The van der Waals surface area contributed by atoms with E-state index in [4.69, 9.17) is 5.73 Å². The summed E-state index contributed by atoms with van der Waals surface area (Å²) in [5.74, 6) is -2.44. The van der Waals surface area contributed by atoms with Gasteiger partial charge in [0.1, 0.15) is 6.04 Å². The Morgan fingerprint density at radius 1 is 1.44 bits per heavy atom. The van der Waals surface area contributed by atoms with Gasteiger partial charge in [-0.25, -0.2) is 9.29 Å². The number of aromatic nitrogens is 1. The van der Waals surface area contributed by atoms with Crippen molar-refractivity contribution in [3.8, 4) is 0 Å². The quantitative estimate of drug-likeness (QED) is 0.642. The summed E-state index contributed by atoms with van der Waals surface area (Å²) >= 11 is 0. The summed E-state index contributed by atoms with van der Waals surface area (Å²) in [6.07, 6.45) is 3.04. The Kier molecular flexibility index (Phi) is 7.03. The van der Waals surface area contributed by atoms with Crippen LogP contribution in [0.3, 0.4) is 0 Å². The molecule has 1 radical (unpaired) electrons. The van der Waals surface area contributed by atoms with E-state index in [1.807, 2.05) is 0 Å². The van der Waals surface area contributed by atoms with Crippen LogP contribution in [-0.2, 0) is 24.4 Å². The van der Waals surface area contributed by atoms with Gasteiger partial charge in [0.05, 0.1) is 13.0 Å². The molecule has 2 amide bonds. The molecule has 2 rings (SSSR count). The smallest absolute Gasteiger partial charge is 0.284 e. The fourth-order valence-electron chi connectivity index (χ4n) is 2.89. The fraction of sp³-hybridized carbons (Fsp3) is 0.471. The molecule has 9 nitrogen and oxygen atoms in total. The zero-order chi connectivity index (χ0) is 20.0. The summed E-state index contributed by atoms with van der Waals surface area (Å²) in [6, 6.07) is 3.17. The van der Waals surface area contributed by atoms with E-state index in [2.05, 4.69) is 10.3 Å². The molecule has 0 bridgehead atoms. The second kappa shape index (κ2) is 9.05. The van der Waals surface area contributed by atoms with Crippen LogP contribution in [0.25, 0.3) is 0 Å². The van der Waals surface area contributed by atoms with E-state index < -0.39 is 39.6 Å². The van der Waals surface area contributed by atoms with Gasteiger partial charge in [0.25, 0.3) is 10.0 Å². The molecule has 1 aromatic rings. The Balaban J connectivity index is 2.40. The van der Waals surface area contributed by atoms with Crippen molar-refractivity contribution in [2.45, 2.75) is 37.3 Å². The van der Waals surface area contributed by atoms with Crippen LogP contribution in [0, 0.1) is 12.3 Å². The highest BCUT2D eigenvalue weighted by atomic mass is 32.2. The number of amides is 2. The molecule has 0 aliphatic carbocycles. The molecular formula is C17H23N4O5S. The van der Waals surface area contributed by atoms with Crippen LogP contribution >= 0.6 is 0 Å². The van der Waals surface area contributed by atoms with E-state index in [0.29, 0.717) is 17.3 Å². The van der Waals surface area contributed by atoms with Crippen LogP contribution in [-0.4, -0.2) is 54.4 Å². The second-order valence-corrected chi connectivity index (χ2v) is 8.18. The predicted molar refractivity (Wildman–Crippen MR) is 96.4 cm³/mol. The summed E-state index contributed by atoms with van der Waals surface area (Å²) < 4.78 is 26.8. The van der Waals surface area contributed by atoms with Crippen molar-refractivity contribution in [2.75, 3.05) is 13.1 Å². The molecule has 1 aromatic heterocycles. The van der Waals surface area contributed by atoms with E-state index in [9.17, 15) is 22.8 Å². The van der Waals surface area contributed by atoms with E-state index in [-0.39, 0.29) is 24.4 Å². The lowest BCUT2D eigenvalue weighted by atomic mass is 10.0. The van der Waals surface area contributed by atoms with Crippen molar-refractivity contribution in [2.24, 2.45) is 11.7 Å². The molecule has 0 aromatic carbocycles. The fourth-order valence-corrected chi connectivity index (χ4v) is 4.39. The Morgan fingerprint density at radius 2 is 2.19 bits per heavy atom. The first-order valence-electron chi connectivity index (χ1n) is 8.59. The molecule has 2 atom stereocenters. The van der Waals surface area contributed by atoms with Crippen molar-refractivity contribution in [1.82, 2.24) is 14.6 Å². The molecule has 1 aliphatic heterocycles. The number of nitrogens with two attached hydrogens (primary N) is 1. The average molecular weight is 395 g/mol. The number of carbonyl (C=O) groups is 3. The number of sulfonamides is 1. The lowest BCUT2D eigenvalue weighted by molar-refractivity contribution is -0.131. The third-order valence-electron chi connectivity index (χ3n) is 4.11. The molecule has 147 valence electrons. The number of Topliss-reactive ketones (excluding diaryl/α,β-unsaturated/α-hetero) is 1. The number of nitrogens with zero attached hydrogens (tertiary/aromatic N) is 2. The van der Waals surface area contributed by atoms with Gasteiger partial charge in [-0.2, -0.15) is 8.42 Å². The molecule has 1 unspecified atom stereocenters. The number of nitrogens with one attached hydrogen (secondary N) is 1. The van der Waals surface area contributed by atoms with E-state index >= 15 is 0 Å². The molecule has 1 saturated heterocycles. The molecule has 3 N–H and O–H groups in total. The van der Waals surface area contributed by atoms with Crippen LogP contribution in [0.15, 0.2) is 29.4 Å². The normalized spacial score (nSPS) is 19.1. The number of carbonyl (C=O) groups excluding carboxylic acids is 3. The topological polar surface area (TPSA) is 140 Å². The van der Waals surface area contributed by atoms with E-state index in [1.54, 1.807) is 13.0 Å². The minimum atomic E-state index is -4.35. The highest BCUT2D eigenvalue weighted by Crippen LogP contribution is 2.23. The molecule has 2 heterocycles. The number of ketones is 1. The van der Waals surface area contributed by atoms with Gasteiger partial charge in [-0.15, -0.1) is 0 Å². The summed E-state index contributed by atoms with van der Waals surface area (Å²) in [7, 11) is -4.35. The van der Waals surface area contributed by atoms with Crippen molar-refractivity contribution in [3.05, 3.63) is 30.8 Å². The maximum Gasteiger partial charge on any atom is 0.284 e. The molecular weight excluding hydrogens is 372 g/mol. The minimum absolute atomic E-state index is 0.0248. The molecule has 10 heteroatoms. The van der Waals surface area contributed by atoms with Crippen molar-refractivity contribution < 1.29 is 22.8 Å². The number of rotatable bonds is 7. The van der Waals surface area contributed by atoms with Gasteiger partial charge in [0.15, 0.2) is 10.8 Å². The van der Waals surface area contributed by atoms with Crippen LogP contribution in [0.2, 0.25) is 0 Å². The highest BCUT2D eigenvalue weighted by Gasteiger charge is 2.40. The standard InChI is InChI=1S/C17H23N4O5S/c1-12(9-15(18)23)10-17(24)21(13-5-4-7-19-11-14(13)22)27(25,26)16-6-2-3-8-20-16/h2-3,6,8,10,12-13,19H,4-5,7,9,11H2,1H3,(H2,18,23)/t12?,13-/m0/s1. The summed E-state index contributed by atoms with van der Waals surface area (Å²) in [4.78, 5) is 40.2. The molecule has 27 heavy (non-hydrogen) atoms. The molecule has 0 spiro atoms. The van der Waals surface area contributed by atoms with Crippen LogP contribution in [0.1, 0.15) is 26.2 Å². The van der Waals surface area contributed by atoms with Gasteiger partial charge in [0, 0.05) is 12.6 Å². The van der Waals surface area contributed by atoms with E-state index in [0.717, 1.165) is 6.42 Å². The number of primary amides is 1. The lowest BCUT2D eigenvalue weighted by Crippen LogP contribution is -2.50. The van der Waals surface area contributed by atoms with Crippen molar-refractivity contribution >= 4 is 27.6 Å². The Hall–Kier alpha value is -2.33. The Morgan fingerprint density at radius 3 is 2.81 bits per heavy atom. The van der Waals surface area contributed by atoms with Crippen LogP contribution in [0.5, 0.6) is 0 Å². The summed E-state index contributed by atoms with van der Waals surface area (Å²) in [5, 5.41) is 2.59. The first-order valence-corrected chi connectivity index (χ1v) is 10.0. The highest BCUT2D eigenvalue weighted by molar-refractivity contribution is 7.89. The first kappa shape index (κ1) is 21.0. The molecule has 0 saturated carbocycles. The average Bonchev–Trinajstić information content (AvgIpc) is 2.80. The predicted octanol–water partition coefficient (Wildman–Crippen LogP) is -0.364. The van der Waals surface area contributed by atoms with Crippen LogP contribution in [0.4, 0.5) is 0 Å². The van der Waals surface area contributed by atoms with Gasteiger partial charge in [-0.3, -0.25) is 14.4 Å². The minimum Gasteiger partial charge on any atom is -0.370 e. The SMILES string of the molecule is CC([CH]C(=O)N([C@H]1CCCNCC1=O)S(=O)(=O)c1ccccn1)CC(N)=O.